The SMILES string of the molecule is COCC(c1cc[nH]c1)c1cc(S(C)(=O)=O)cc(-c2ccc(F)cc2)c1C. The van der Waals surface area contributed by atoms with Crippen molar-refractivity contribution < 1.29 is 17.5 Å². The van der Waals surface area contributed by atoms with Crippen molar-refractivity contribution in [1.29, 1.82) is 0 Å². The highest BCUT2D eigenvalue weighted by atomic mass is 32.2. The van der Waals surface area contributed by atoms with Gasteiger partial charge in [-0.3, -0.25) is 0 Å². The molecular formula is C21H22FNO3S. The monoisotopic (exact) mass is 387 g/mol. The zero-order chi connectivity index (χ0) is 19.6. The second kappa shape index (κ2) is 7.66. The van der Waals surface area contributed by atoms with Gasteiger partial charge in [0, 0.05) is 31.7 Å². The number of H-pyrrole nitrogens is 1. The summed E-state index contributed by atoms with van der Waals surface area (Å²) in [5.74, 6) is -0.456. The Bertz CT molecular complexity index is 1030. The van der Waals surface area contributed by atoms with Crippen LogP contribution in [0.25, 0.3) is 11.1 Å². The molecule has 1 atom stereocenters. The first-order valence-electron chi connectivity index (χ1n) is 8.53. The molecule has 0 radical (unpaired) electrons. The minimum absolute atomic E-state index is 0.123. The first-order chi connectivity index (χ1) is 12.8. The second-order valence-corrected chi connectivity index (χ2v) is 8.63. The Morgan fingerprint density at radius 1 is 1.15 bits per heavy atom. The predicted molar refractivity (Wildman–Crippen MR) is 104 cm³/mol. The first-order valence-corrected chi connectivity index (χ1v) is 10.4. The molecule has 0 amide bonds. The van der Waals surface area contributed by atoms with Crippen LogP contribution in [-0.4, -0.2) is 33.4 Å². The summed E-state index contributed by atoms with van der Waals surface area (Å²) in [6.45, 7) is 2.37. The molecule has 3 aromatic rings. The normalized spacial score (nSPS) is 12.9. The third kappa shape index (κ3) is 4.12. The number of hydrogen-bond donors (Lipinski definition) is 1. The maximum absolute atomic E-state index is 13.3. The van der Waals surface area contributed by atoms with Gasteiger partial charge in [0.15, 0.2) is 9.84 Å². The predicted octanol–water partition coefficient (Wildman–Crippen LogP) is 4.31. The number of aromatic amines is 1. The van der Waals surface area contributed by atoms with Crippen LogP contribution in [0.5, 0.6) is 0 Å². The lowest BCUT2D eigenvalue weighted by Crippen LogP contribution is -2.11. The summed E-state index contributed by atoms with van der Waals surface area (Å²) in [6.07, 6.45) is 4.90. The molecule has 0 bridgehead atoms. The minimum atomic E-state index is -3.42. The number of halogens is 1. The molecule has 142 valence electrons. The van der Waals surface area contributed by atoms with Crippen molar-refractivity contribution in [2.45, 2.75) is 17.7 Å². The second-order valence-electron chi connectivity index (χ2n) is 6.62. The first kappa shape index (κ1) is 19.3. The summed E-state index contributed by atoms with van der Waals surface area (Å²) >= 11 is 0. The highest BCUT2D eigenvalue weighted by molar-refractivity contribution is 7.90. The molecule has 27 heavy (non-hydrogen) atoms. The molecule has 1 N–H and O–H groups in total. The summed E-state index contributed by atoms with van der Waals surface area (Å²) in [5.41, 5.74) is 4.36. The molecule has 0 fully saturated rings. The fourth-order valence-corrected chi connectivity index (χ4v) is 3.97. The lowest BCUT2D eigenvalue weighted by atomic mass is 9.86. The topological polar surface area (TPSA) is 59.2 Å². The van der Waals surface area contributed by atoms with Gasteiger partial charge in [0.25, 0.3) is 0 Å². The Labute approximate surface area is 158 Å². The molecule has 0 saturated carbocycles. The summed E-state index contributed by atoms with van der Waals surface area (Å²) in [6, 6.07) is 11.4. The van der Waals surface area contributed by atoms with Gasteiger partial charge in [0.05, 0.1) is 11.5 Å². The van der Waals surface area contributed by atoms with E-state index in [1.165, 1.54) is 18.4 Å². The smallest absolute Gasteiger partial charge is 0.175 e. The van der Waals surface area contributed by atoms with Crippen LogP contribution in [0.1, 0.15) is 22.6 Å². The molecule has 4 nitrogen and oxygen atoms in total. The lowest BCUT2D eigenvalue weighted by molar-refractivity contribution is 0.189. The number of benzene rings is 2. The number of nitrogens with one attached hydrogen (secondary N) is 1. The van der Waals surface area contributed by atoms with Gasteiger partial charge < -0.3 is 9.72 Å². The molecule has 2 aromatic carbocycles. The van der Waals surface area contributed by atoms with Crippen molar-refractivity contribution >= 4 is 9.84 Å². The molecule has 6 heteroatoms. The Hall–Kier alpha value is -2.44. The van der Waals surface area contributed by atoms with E-state index in [1.54, 1.807) is 31.4 Å². The maximum atomic E-state index is 13.3. The van der Waals surface area contributed by atoms with E-state index in [-0.39, 0.29) is 16.6 Å². The number of methoxy groups -OCH3 is 1. The third-order valence-corrected chi connectivity index (χ3v) is 5.83. The van der Waals surface area contributed by atoms with E-state index in [1.807, 2.05) is 25.4 Å². The van der Waals surface area contributed by atoms with Crippen molar-refractivity contribution in [3.63, 3.8) is 0 Å². The van der Waals surface area contributed by atoms with Crippen LogP contribution >= 0.6 is 0 Å². The Balaban J connectivity index is 2.26. The standard InChI is InChI=1S/C21H22FNO3S/c1-14-19(15-4-6-17(22)7-5-15)10-18(27(3,24)25)11-20(14)21(13-26-2)16-8-9-23-12-16/h4-12,21,23H,13H2,1-3H3. The molecule has 3 rings (SSSR count). The van der Waals surface area contributed by atoms with E-state index >= 15 is 0 Å². The molecule has 0 aliphatic rings. The van der Waals surface area contributed by atoms with Crippen molar-refractivity contribution in [3.8, 4) is 11.1 Å². The van der Waals surface area contributed by atoms with Crippen LogP contribution in [0.15, 0.2) is 59.8 Å². The van der Waals surface area contributed by atoms with E-state index in [0.717, 1.165) is 27.8 Å². The number of hydrogen-bond acceptors (Lipinski definition) is 3. The van der Waals surface area contributed by atoms with Gasteiger partial charge >= 0.3 is 0 Å². The Morgan fingerprint density at radius 2 is 1.85 bits per heavy atom. The number of ether oxygens (including phenoxy) is 1. The summed E-state index contributed by atoms with van der Waals surface area (Å²) < 4.78 is 43.4. The van der Waals surface area contributed by atoms with Crippen molar-refractivity contribution in [2.24, 2.45) is 0 Å². The molecule has 0 spiro atoms. The van der Waals surface area contributed by atoms with Gasteiger partial charge in [-0.2, -0.15) is 0 Å². The lowest BCUT2D eigenvalue weighted by Gasteiger charge is -2.21. The summed E-state index contributed by atoms with van der Waals surface area (Å²) in [5, 5.41) is 0. The number of sulfone groups is 1. The molecular weight excluding hydrogens is 365 g/mol. The molecule has 0 aliphatic heterocycles. The van der Waals surface area contributed by atoms with Crippen LogP contribution in [0.3, 0.4) is 0 Å². The number of aromatic nitrogens is 1. The van der Waals surface area contributed by atoms with E-state index in [4.69, 9.17) is 4.74 Å². The quantitative estimate of drug-likeness (QED) is 0.686. The zero-order valence-corrected chi connectivity index (χ0v) is 16.3. The van der Waals surface area contributed by atoms with Crippen LogP contribution < -0.4 is 0 Å². The summed E-state index contributed by atoms with van der Waals surface area (Å²) in [4.78, 5) is 3.27. The molecule has 1 aromatic heterocycles. The fourth-order valence-electron chi connectivity index (χ4n) is 3.30. The maximum Gasteiger partial charge on any atom is 0.175 e. The summed E-state index contributed by atoms with van der Waals surface area (Å²) in [7, 11) is -1.80. The molecule has 1 heterocycles. The van der Waals surface area contributed by atoms with E-state index in [0.29, 0.717) is 6.61 Å². The minimum Gasteiger partial charge on any atom is -0.384 e. The average Bonchev–Trinajstić information content (AvgIpc) is 3.14. The van der Waals surface area contributed by atoms with Crippen LogP contribution in [0, 0.1) is 12.7 Å². The van der Waals surface area contributed by atoms with Gasteiger partial charge in [-0.1, -0.05) is 12.1 Å². The molecule has 1 unspecified atom stereocenters. The fraction of sp³-hybridized carbons (Fsp3) is 0.238. The van der Waals surface area contributed by atoms with Gasteiger partial charge in [-0.15, -0.1) is 0 Å². The average molecular weight is 387 g/mol. The van der Waals surface area contributed by atoms with Crippen molar-refractivity contribution in [3.05, 3.63) is 77.4 Å². The third-order valence-electron chi connectivity index (χ3n) is 4.74. The largest absolute Gasteiger partial charge is 0.384 e. The highest BCUT2D eigenvalue weighted by Crippen LogP contribution is 2.36. The van der Waals surface area contributed by atoms with Crippen molar-refractivity contribution in [2.75, 3.05) is 20.0 Å². The van der Waals surface area contributed by atoms with Gasteiger partial charge in [-0.05, 0) is 65.1 Å². The van der Waals surface area contributed by atoms with Crippen molar-refractivity contribution in [1.82, 2.24) is 4.98 Å². The molecule has 0 saturated heterocycles. The van der Waals surface area contributed by atoms with Gasteiger partial charge in [-0.25, -0.2) is 12.8 Å². The highest BCUT2D eigenvalue weighted by Gasteiger charge is 2.22. The van der Waals surface area contributed by atoms with Crippen LogP contribution in [0.2, 0.25) is 0 Å². The zero-order valence-electron chi connectivity index (χ0n) is 15.5. The molecule has 0 aliphatic carbocycles. The van der Waals surface area contributed by atoms with Gasteiger partial charge in [0.1, 0.15) is 5.82 Å². The van der Waals surface area contributed by atoms with E-state index in [9.17, 15) is 12.8 Å². The Kier molecular flexibility index (Phi) is 5.48. The number of rotatable bonds is 6. The van der Waals surface area contributed by atoms with Crippen LogP contribution in [-0.2, 0) is 14.6 Å². The van der Waals surface area contributed by atoms with E-state index in [2.05, 4.69) is 4.98 Å². The van der Waals surface area contributed by atoms with Crippen LogP contribution in [0.4, 0.5) is 4.39 Å². The van der Waals surface area contributed by atoms with E-state index < -0.39 is 9.84 Å². The Morgan fingerprint density at radius 3 is 2.41 bits per heavy atom. The van der Waals surface area contributed by atoms with Gasteiger partial charge in [0.2, 0.25) is 0 Å².